The number of thioether (sulfide) groups is 1. The second-order valence-corrected chi connectivity index (χ2v) is 9.27. The van der Waals surface area contributed by atoms with E-state index in [-0.39, 0.29) is 12.4 Å². The summed E-state index contributed by atoms with van der Waals surface area (Å²) in [6, 6.07) is 5.61. The van der Waals surface area contributed by atoms with Crippen LogP contribution in [0.25, 0.3) is 0 Å². The highest BCUT2D eigenvalue weighted by Crippen LogP contribution is 2.33. The van der Waals surface area contributed by atoms with E-state index in [1.54, 1.807) is 17.6 Å². The van der Waals surface area contributed by atoms with Crippen LogP contribution in [0, 0.1) is 17.0 Å². The molecule has 1 unspecified atom stereocenters. The van der Waals surface area contributed by atoms with Crippen LogP contribution >= 0.6 is 47.2 Å². The molecule has 0 aliphatic carbocycles. The van der Waals surface area contributed by atoms with Gasteiger partial charge in [-0.2, -0.15) is 0 Å². The molecule has 2 heterocycles. The fraction of sp³-hybridized carbons (Fsp3) is 0.444. The maximum atomic E-state index is 10.8. The summed E-state index contributed by atoms with van der Waals surface area (Å²) in [5.74, 6) is 0.662. The number of thiocarbonyl (C=S) groups is 1. The highest BCUT2D eigenvalue weighted by molar-refractivity contribution is 8.22. The Morgan fingerprint density at radius 1 is 1.37 bits per heavy atom. The quantitative estimate of drug-likeness (QED) is 0.374. The van der Waals surface area contributed by atoms with Crippen molar-refractivity contribution in [3.05, 3.63) is 50.4 Å². The summed E-state index contributed by atoms with van der Waals surface area (Å²) in [5.41, 5.74) is 0.919. The van der Waals surface area contributed by atoms with Gasteiger partial charge in [-0.25, -0.2) is 0 Å². The highest BCUT2D eigenvalue weighted by atomic mass is 35.5. The lowest BCUT2D eigenvalue weighted by Gasteiger charge is -2.37. The van der Waals surface area contributed by atoms with Crippen LogP contribution in [0.3, 0.4) is 0 Å². The Kier molecular flexibility index (Phi) is 7.81. The molecule has 30 heavy (non-hydrogen) atoms. The van der Waals surface area contributed by atoms with Crippen molar-refractivity contribution >= 4 is 63.0 Å². The Hall–Kier alpha value is -1.59. The molecule has 2 aromatic rings. The van der Waals surface area contributed by atoms with Crippen molar-refractivity contribution in [1.29, 1.82) is 0 Å². The van der Waals surface area contributed by atoms with Gasteiger partial charge in [-0.15, -0.1) is 0 Å². The number of anilines is 1. The maximum absolute atomic E-state index is 10.8. The summed E-state index contributed by atoms with van der Waals surface area (Å²) in [5, 5.41) is 22.2. The van der Waals surface area contributed by atoms with Gasteiger partial charge in [0.1, 0.15) is 10.5 Å². The predicted octanol–water partition coefficient (Wildman–Crippen LogP) is 3.61. The first-order valence-electron chi connectivity index (χ1n) is 9.23. The molecule has 1 aliphatic rings. The van der Waals surface area contributed by atoms with Gasteiger partial charge in [-0.3, -0.25) is 0 Å². The molecule has 1 atom stereocenters. The number of rotatable bonds is 6. The van der Waals surface area contributed by atoms with Crippen molar-refractivity contribution in [2.45, 2.75) is 19.6 Å². The zero-order valence-corrected chi connectivity index (χ0v) is 19.3. The number of benzene rings is 1. The van der Waals surface area contributed by atoms with E-state index in [0.29, 0.717) is 21.6 Å². The third-order valence-electron chi connectivity index (χ3n) is 4.77. The standard InChI is InChI=1S/C18H21Cl2N5O3S2/c1-12-21-16(25(27)28)10-24(12)9-13(26)11-30-18(29)23-7-5-22(6-8-23)15-4-2-3-14(19)17(15)20/h2-4,10,13,26H,5-9,11H2,1H3. The third-order valence-corrected chi connectivity index (χ3v) is 7.24. The van der Waals surface area contributed by atoms with Crippen molar-refractivity contribution in [1.82, 2.24) is 14.5 Å². The number of nitro groups is 1. The number of aromatic nitrogens is 2. The Morgan fingerprint density at radius 2 is 2.07 bits per heavy atom. The van der Waals surface area contributed by atoms with Crippen LogP contribution < -0.4 is 4.90 Å². The van der Waals surface area contributed by atoms with Crippen LogP contribution in [0.2, 0.25) is 10.0 Å². The Balaban J connectivity index is 1.47. The van der Waals surface area contributed by atoms with Gasteiger partial charge in [0, 0.05) is 38.9 Å². The molecule has 0 radical (unpaired) electrons. The van der Waals surface area contributed by atoms with Gasteiger partial charge >= 0.3 is 5.82 Å². The summed E-state index contributed by atoms with van der Waals surface area (Å²) >= 11 is 19.4. The van der Waals surface area contributed by atoms with Gasteiger partial charge in [0.15, 0.2) is 0 Å². The van der Waals surface area contributed by atoms with Crippen molar-refractivity contribution in [3.8, 4) is 0 Å². The van der Waals surface area contributed by atoms with Crippen LogP contribution in [-0.2, 0) is 6.54 Å². The van der Waals surface area contributed by atoms with Crippen molar-refractivity contribution in [2.24, 2.45) is 0 Å². The van der Waals surface area contributed by atoms with Crippen molar-refractivity contribution in [3.63, 3.8) is 0 Å². The number of nitrogens with zero attached hydrogens (tertiary/aromatic N) is 5. The van der Waals surface area contributed by atoms with E-state index in [1.165, 1.54) is 18.0 Å². The molecule has 0 spiro atoms. The van der Waals surface area contributed by atoms with E-state index in [1.807, 2.05) is 12.1 Å². The fourth-order valence-corrected chi connectivity index (χ4v) is 4.78. The molecule has 1 aliphatic heterocycles. The van der Waals surface area contributed by atoms with Gasteiger partial charge in [-0.05, 0) is 22.0 Å². The zero-order valence-electron chi connectivity index (χ0n) is 16.2. The molecule has 162 valence electrons. The summed E-state index contributed by atoms with van der Waals surface area (Å²) in [4.78, 5) is 18.4. The second-order valence-electron chi connectivity index (χ2n) is 6.83. The second kappa shape index (κ2) is 10.1. The van der Waals surface area contributed by atoms with Crippen LogP contribution in [0.5, 0.6) is 0 Å². The van der Waals surface area contributed by atoms with E-state index in [4.69, 9.17) is 35.4 Å². The number of hydrogen-bond donors (Lipinski definition) is 1. The average molecular weight is 490 g/mol. The summed E-state index contributed by atoms with van der Waals surface area (Å²) in [6.07, 6.45) is 0.633. The molecular weight excluding hydrogens is 469 g/mol. The molecule has 12 heteroatoms. The number of piperazine rings is 1. The molecule has 1 N–H and O–H groups in total. The van der Waals surface area contributed by atoms with Crippen molar-refractivity contribution < 1.29 is 10.0 Å². The lowest BCUT2D eigenvalue weighted by Crippen LogP contribution is -2.48. The van der Waals surface area contributed by atoms with Crippen LogP contribution in [0.15, 0.2) is 24.4 Å². The molecule has 1 saturated heterocycles. The molecule has 0 bridgehead atoms. The molecule has 1 aromatic carbocycles. The average Bonchev–Trinajstić information content (AvgIpc) is 3.09. The number of hydrogen-bond acceptors (Lipinski definition) is 7. The van der Waals surface area contributed by atoms with Crippen LogP contribution in [-0.4, -0.2) is 66.8 Å². The minimum atomic E-state index is -0.702. The number of halogens is 2. The van der Waals surface area contributed by atoms with Gasteiger partial charge in [-0.1, -0.05) is 53.2 Å². The van der Waals surface area contributed by atoms with Crippen LogP contribution in [0.1, 0.15) is 5.82 Å². The Labute approximate surface area is 193 Å². The van der Waals surface area contributed by atoms with Crippen molar-refractivity contribution in [2.75, 3.05) is 36.8 Å². The lowest BCUT2D eigenvalue weighted by atomic mass is 10.2. The summed E-state index contributed by atoms with van der Waals surface area (Å²) < 4.78 is 2.30. The first-order chi connectivity index (χ1) is 14.3. The minimum absolute atomic E-state index is 0.222. The predicted molar refractivity (Wildman–Crippen MR) is 125 cm³/mol. The normalized spacial score (nSPS) is 15.3. The zero-order chi connectivity index (χ0) is 21.8. The van der Waals surface area contributed by atoms with E-state index < -0.39 is 11.0 Å². The van der Waals surface area contributed by atoms with E-state index in [0.717, 1.165) is 36.2 Å². The van der Waals surface area contributed by atoms with Crippen LogP contribution in [0.4, 0.5) is 11.5 Å². The SMILES string of the molecule is Cc1nc([N+](=O)[O-])cn1CC(O)CSC(=S)N1CCN(c2cccc(Cl)c2Cl)CC1. The first kappa shape index (κ1) is 23.1. The molecule has 1 fully saturated rings. The monoisotopic (exact) mass is 489 g/mol. The fourth-order valence-electron chi connectivity index (χ4n) is 3.17. The number of aryl methyl sites for hydroxylation is 1. The summed E-state index contributed by atoms with van der Waals surface area (Å²) in [7, 11) is 0. The third kappa shape index (κ3) is 5.55. The first-order valence-corrected chi connectivity index (χ1v) is 11.4. The minimum Gasteiger partial charge on any atom is -0.390 e. The highest BCUT2D eigenvalue weighted by Gasteiger charge is 2.23. The topological polar surface area (TPSA) is 87.7 Å². The van der Waals surface area contributed by atoms with Gasteiger partial charge in [0.05, 0.1) is 28.4 Å². The molecule has 3 rings (SSSR count). The largest absolute Gasteiger partial charge is 0.390 e. The molecule has 1 aromatic heterocycles. The van der Waals surface area contributed by atoms with Gasteiger partial charge < -0.3 is 29.6 Å². The number of imidazole rings is 1. The molecule has 8 nitrogen and oxygen atoms in total. The maximum Gasteiger partial charge on any atom is 0.381 e. The van der Waals surface area contributed by atoms with E-state index in [2.05, 4.69) is 14.8 Å². The Morgan fingerprint density at radius 3 is 2.70 bits per heavy atom. The number of aliphatic hydroxyl groups is 1. The molecule has 0 saturated carbocycles. The van der Waals surface area contributed by atoms with Gasteiger partial charge in [0.25, 0.3) is 0 Å². The number of aliphatic hydroxyl groups excluding tert-OH is 1. The lowest BCUT2D eigenvalue weighted by molar-refractivity contribution is -0.389. The molecular formula is C18H21Cl2N5O3S2. The summed E-state index contributed by atoms with van der Waals surface area (Å²) in [6.45, 7) is 4.92. The smallest absolute Gasteiger partial charge is 0.381 e. The molecule has 0 amide bonds. The van der Waals surface area contributed by atoms with Gasteiger partial charge in [0.2, 0.25) is 5.82 Å². The Bertz CT molecular complexity index is 935. The van der Waals surface area contributed by atoms with E-state index >= 15 is 0 Å². The van der Waals surface area contributed by atoms with E-state index in [9.17, 15) is 15.2 Å².